The lowest BCUT2D eigenvalue weighted by atomic mass is 10.1. The molecule has 0 aliphatic heterocycles. The summed E-state index contributed by atoms with van der Waals surface area (Å²) in [6.45, 7) is 2.84. The fourth-order valence-electron chi connectivity index (χ4n) is 2.25. The van der Waals surface area contributed by atoms with Crippen LogP contribution in [0.4, 0.5) is 11.7 Å². The van der Waals surface area contributed by atoms with Crippen LogP contribution in [0, 0.1) is 6.92 Å². The highest BCUT2D eigenvalue weighted by Gasteiger charge is 2.11. The van der Waals surface area contributed by atoms with Gasteiger partial charge in [-0.2, -0.15) is 4.98 Å². The number of oxazole rings is 1. The van der Waals surface area contributed by atoms with E-state index in [1.54, 1.807) is 0 Å². The summed E-state index contributed by atoms with van der Waals surface area (Å²) in [5.41, 5.74) is 10.5. The first kappa shape index (κ1) is 12.5. The van der Waals surface area contributed by atoms with E-state index in [-0.39, 0.29) is 0 Å². The minimum atomic E-state index is 0.604. The molecule has 2 aromatic carbocycles. The second kappa shape index (κ2) is 4.89. The normalized spacial score (nSPS) is 10.9. The third-order valence-corrected chi connectivity index (χ3v) is 3.23. The SMILES string of the molecule is Cc1cccc(CN(C)c2nc3cc(N)ccc3o2)c1. The Morgan fingerprint density at radius 2 is 2.05 bits per heavy atom. The Labute approximate surface area is 117 Å². The number of anilines is 2. The molecular weight excluding hydrogens is 250 g/mol. The highest BCUT2D eigenvalue weighted by atomic mass is 16.4. The summed E-state index contributed by atoms with van der Waals surface area (Å²) in [6, 6.07) is 14.5. The number of nitrogens with two attached hydrogens (primary N) is 1. The number of rotatable bonds is 3. The van der Waals surface area contributed by atoms with E-state index in [9.17, 15) is 0 Å². The third-order valence-electron chi connectivity index (χ3n) is 3.23. The Morgan fingerprint density at radius 3 is 2.85 bits per heavy atom. The average molecular weight is 267 g/mol. The number of aryl methyl sites for hydroxylation is 1. The van der Waals surface area contributed by atoms with Gasteiger partial charge in [-0.1, -0.05) is 29.8 Å². The molecule has 0 saturated carbocycles. The summed E-state index contributed by atoms with van der Waals surface area (Å²) in [5.74, 6) is 0. The van der Waals surface area contributed by atoms with E-state index < -0.39 is 0 Å². The molecule has 0 aliphatic carbocycles. The third kappa shape index (κ3) is 2.45. The molecule has 0 amide bonds. The Hall–Kier alpha value is -2.49. The van der Waals surface area contributed by atoms with Gasteiger partial charge in [0.25, 0.3) is 6.01 Å². The number of fused-ring (bicyclic) bond motifs is 1. The minimum Gasteiger partial charge on any atom is -0.423 e. The molecule has 20 heavy (non-hydrogen) atoms. The molecule has 0 unspecified atom stereocenters. The fraction of sp³-hybridized carbons (Fsp3) is 0.188. The largest absolute Gasteiger partial charge is 0.423 e. The summed E-state index contributed by atoms with van der Waals surface area (Å²) in [4.78, 5) is 6.46. The lowest BCUT2D eigenvalue weighted by Gasteiger charge is -2.14. The van der Waals surface area contributed by atoms with Crippen LogP contribution in [-0.4, -0.2) is 12.0 Å². The summed E-state index contributed by atoms with van der Waals surface area (Å²) < 4.78 is 5.75. The number of hydrogen-bond donors (Lipinski definition) is 1. The Bertz CT molecular complexity index is 748. The van der Waals surface area contributed by atoms with Gasteiger partial charge in [-0.15, -0.1) is 0 Å². The minimum absolute atomic E-state index is 0.604. The molecule has 102 valence electrons. The van der Waals surface area contributed by atoms with Crippen molar-refractivity contribution in [2.75, 3.05) is 17.7 Å². The van der Waals surface area contributed by atoms with Gasteiger partial charge < -0.3 is 15.1 Å². The summed E-state index contributed by atoms with van der Waals surface area (Å²) in [6.07, 6.45) is 0. The van der Waals surface area contributed by atoms with Gasteiger partial charge in [-0.25, -0.2) is 0 Å². The van der Waals surface area contributed by atoms with Gasteiger partial charge >= 0.3 is 0 Å². The maximum Gasteiger partial charge on any atom is 0.298 e. The first-order valence-corrected chi connectivity index (χ1v) is 6.54. The molecule has 1 heterocycles. The Balaban J connectivity index is 1.86. The average Bonchev–Trinajstić information content (AvgIpc) is 2.81. The molecule has 4 nitrogen and oxygen atoms in total. The van der Waals surface area contributed by atoms with Crippen molar-refractivity contribution in [3.63, 3.8) is 0 Å². The molecule has 0 aliphatic rings. The lowest BCUT2D eigenvalue weighted by Crippen LogP contribution is -2.16. The molecular formula is C16H17N3O. The molecule has 0 bridgehead atoms. The topological polar surface area (TPSA) is 55.3 Å². The zero-order chi connectivity index (χ0) is 14.1. The molecule has 4 heteroatoms. The summed E-state index contributed by atoms with van der Waals surface area (Å²) >= 11 is 0. The van der Waals surface area contributed by atoms with Gasteiger partial charge in [0.1, 0.15) is 5.52 Å². The molecule has 0 spiro atoms. The number of hydrogen-bond acceptors (Lipinski definition) is 4. The van der Waals surface area contributed by atoms with Crippen molar-refractivity contribution in [3.8, 4) is 0 Å². The Morgan fingerprint density at radius 1 is 1.20 bits per heavy atom. The molecule has 3 aromatic rings. The second-order valence-electron chi connectivity index (χ2n) is 5.07. The van der Waals surface area contributed by atoms with Crippen molar-refractivity contribution < 1.29 is 4.42 Å². The van der Waals surface area contributed by atoms with Crippen LogP contribution in [-0.2, 0) is 6.54 Å². The fourth-order valence-corrected chi connectivity index (χ4v) is 2.25. The standard InChI is InChI=1S/C16H17N3O/c1-11-4-3-5-12(8-11)10-19(2)16-18-14-9-13(17)6-7-15(14)20-16/h3-9H,10,17H2,1-2H3. The molecule has 2 N–H and O–H groups in total. The van der Waals surface area contributed by atoms with Crippen LogP contribution in [0.1, 0.15) is 11.1 Å². The maximum atomic E-state index is 5.75. The lowest BCUT2D eigenvalue weighted by molar-refractivity contribution is 0.582. The smallest absolute Gasteiger partial charge is 0.298 e. The number of benzene rings is 2. The van der Waals surface area contributed by atoms with Gasteiger partial charge in [-0.3, -0.25) is 0 Å². The van der Waals surface area contributed by atoms with Crippen molar-refractivity contribution in [1.29, 1.82) is 0 Å². The first-order valence-electron chi connectivity index (χ1n) is 6.54. The van der Waals surface area contributed by atoms with E-state index >= 15 is 0 Å². The van der Waals surface area contributed by atoms with E-state index in [1.807, 2.05) is 30.1 Å². The van der Waals surface area contributed by atoms with Crippen LogP contribution < -0.4 is 10.6 Å². The molecule has 0 radical (unpaired) electrons. The highest BCUT2D eigenvalue weighted by molar-refractivity contribution is 5.78. The molecule has 1 aromatic heterocycles. The van der Waals surface area contributed by atoms with Gasteiger partial charge in [0.2, 0.25) is 0 Å². The zero-order valence-electron chi connectivity index (χ0n) is 11.6. The van der Waals surface area contributed by atoms with Gasteiger partial charge in [0, 0.05) is 19.3 Å². The Kier molecular flexibility index (Phi) is 3.06. The van der Waals surface area contributed by atoms with Crippen molar-refractivity contribution in [2.24, 2.45) is 0 Å². The molecule has 0 fully saturated rings. The van der Waals surface area contributed by atoms with Gasteiger partial charge in [0.05, 0.1) is 0 Å². The van der Waals surface area contributed by atoms with Crippen LogP contribution in [0.25, 0.3) is 11.1 Å². The quantitative estimate of drug-likeness (QED) is 0.739. The summed E-state index contributed by atoms with van der Waals surface area (Å²) in [7, 11) is 1.97. The van der Waals surface area contributed by atoms with Crippen LogP contribution in [0.3, 0.4) is 0 Å². The first-order chi connectivity index (χ1) is 9.61. The predicted molar refractivity (Wildman–Crippen MR) is 81.7 cm³/mol. The number of nitrogen functional groups attached to an aromatic ring is 1. The number of nitrogens with zero attached hydrogens (tertiary/aromatic N) is 2. The van der Waals surface area contributed by atoms with E-state index in [1.165, 1.54) is 11.1 Å². The summed E-state index contributed by atoms with van der Waals surface area (Å²) in [5, 5.41) is 0. The molecule has 3 rings (SSSR count). The van der Waals surface area contributed by atoms with Gasteiger partial charge in [0.15, 0.2) is 5.58 Å². The van der Waals surface area contributed by atoms with Crippen LogP contribution >= 0.6 is 0 Å². The zero-order valence-corrected chi connectivity index (χ0v) is 11.6. The predicted octanol–water partition coefficient (Wildman–Crippen LogP) is 3.35. The van der Waals surface area contributed by atoms with E-state index in [2.05, 4.69) is 36.2 Å². The van der Waals surface area contributed by atoms with Crippen molar-refractivity contribution >= 4 is 22.8 Å². The van der Waals surface area contributed by atoms with Crippen molar-refractivity contribution in [1.82, 2.24) is 4.98 Å². The van der Waals surface area contributed by atoms with Crippen LogP contribution in [0.15, 0.2) is 46.9 Å². The second-order valence-corrected chi connectivity index (χ2v) is 5.07. The van der Waals surface area contributed by atoms with Crippen molar-refractivity contribution in [2.45, 2.75) is 13.5 Å². The van der Waals surface area contributed by atoms with Gasteiger partial charge in [-0.05, 0) is 30.7 Å². The molecule has 0 saturated heterocycles. The van der Waals surface area contributed by atoms with Crippen molar-refractivity contribution in [3.05, 3.63) is 53.6 Å². The maximum absolute atomic E-state index is 5.75. The van der Waals surface area contributed by atoms with E-state index in [4.69, 9.17) is 10.2 Å². The monoisotopic (exact) mass is 267 g/mol. The van der Waals surface area contributed by atoms with Crippen LogP contribution in [0.2, 0.25) is 0 Å². The van der Waals surface area contributed by atoms with Crippen LogP contribution in [0.5, 0.6) is 0 Å². The van der Waals surface area contributed by atoms with E-state index in [0.717, 1.165) is 17.6 Å². The van der Waals surface area contributed by atoms with E-state index in [0.29, 0.717) is 11.7 Å². The molecule has 0 atom stereocenters. The number of aromatic nitrogens is 1. The highest BCUT2D eigenvalue weighted by Crippen LogP contribution is 2.24.